The highest BCUT2D eigenvalue weighted by Gasteiger charge is 2.38. The van der Waals surface area contributed by atoms with E-state index < -0.39 is 18.1 Å². The van der Waals surface area contributed by atoms with E-state index in [1.807, 2.05) is 54.6 Å². The molecule has 2 amide bonds. The maximum absolute atomic E-state index is 13.5. The monoisotopic (exact) mass is 643 g/mol. The molecule has 14 heteroatoms. The number of fused-ring (bicyclic) bond motifs is 2. The van der Waals surface area contributed by atoms with Crippen LogP contribution in [0.25, 0.3) is 10.8 Å². The van der Waals surface area contributed by atoms with Gasteiger partial charge in [-0.15, -0.1) is 0 Å². The molecular formula is C32H36F3N5O6. The van der Waals surface area contributed by atoms with Crippen molar-refractivity contribution < 1.29 is 42.6 Å². The molecule has 46 heavy (non-hydrogen) atoms. The van der Waals surface area contributed by atoms with Crippen LogP contribution in [0.1, 0.15) is 53.6 Å². The number of nitrogens with two attached hydrogens (primary N) is 1. The number of aryl methyl sites for hydroxylation is 1. The minimum Gasteiger partial charge on any atom is -0.481 e. The van der Waals surface area contributed by atoms with E-state index in [0.29, 0.717) is 24.3 Å². The number of amides is 2. The third kappa shape index (κ3) is 10.5. The van der Waals surface area contributed by atoms with Gasteiger partial charge in [-0.25, -0.2) is 4.79 Å². The van der Waals surface area contributed by atoms with Crippen molar-refractivity contribution in [1.82, 2.24) is 10.2 Å². The zero-order chi connectivity index (χ0) is 33.9. The van der Waals surface area contributed by atoms with Crippen molar-refractivity contribution in [1.29, 1.82) is 5.41 Å². The molecule has 0 saturated carbocycles. The van der Waals surface area contributed by atoms with Crippen molar-refractivity contribution in [2.75, 3.05) is 24.5 Å². The molecule has 3 aromatic carbocycles. The van der Waals surface area contributed by atoms with Gasteiger partial charge in [0.25, 0.3) is 5.91 Å². The fourth-order valence-electron chi connectivity index (χ4n) is 4.91. The number of carboxylic acid groups (broad SMARTS) is 2. The van der Waals surface area contributed by atoms with Gasteiger partial charge in [0.2, 0.25) is 5.91 Å². The molecule has 0 radical (unpaired) electrons. The molecule has 0 atom stereocenters. The normalized spacial score (nSPS) is 13.0. The standard InChI is InChI=1S/C30H35N5O4.C2HF3O2/c31-30(32)33-15-6-2-1-3-7-21-11-13-26-25(18-21)29(39)34(16-14-28(37)38)20-27(36)35(26)19-22-10-12-23-8-4-5-9-24(23)17-22;3-2(4,5)1(6)7/h4-5,8-13,17-18H,1-3,6-7,14-16,19-20H2,(H,37,38)(H4,31,32,33);(H,6,7). The molecule has 11 nitrogen and oxygen atoms in total. The highest BCUT2D eigenvalue weighted by atomic mass is 19.4. The number of carbonyl (C=O) groups excluding carboxylic acids is 2. The number of aliphatic carboxylic acids is 2. The number of hydrogen-bond acceptors (Lipinski definition) is 5. The first-order valence-electron chi connectivity index (χ1n) is 14.6. The number of hydrogen-bond donors (Lipinski definition) is 5. The summed E-state index contributed by atoms with van der Waals surface area (Å²) in [7, 11) is 0. The van der Waals surface area contributed by atoms with Crippen molar-refractivity contribution in [2.45, 2.75) is 51.2 Å². The highest BCUT2D eigenvalue weighted by Crippen LogP contribution is 2.30. The van der Waals surface area contributed by atoms with E-state index in [0.717, 1.165) is 54.0 Å². The second-order valence-corrected chi connectivity index (χ2v) is 10.7. The zero-order valence-corrected chi connectivity index (χ0v) is 25.0. The van der Waals surface area contributed by atoms with Gasteiger partial charge in [-0.05, 0) is 59.4 Å². The Hall–Kier alpha value is -5.14. The minimum absolute atomic E-state index is 0.0183. The summed E-state index contributed by atoms with van der Waals surface area (Å²) in [5, 5.41) is 28.5. The van der Waals surface area contributed by atoms with Crippen LogP contribution in [-0.2, 0) is 27.3 Å². The van der Waals surface area contributed by atoms with E-state index in [1.54, 1.807) is 4.90 Å². The van der Waals surface area contributed by atoms with Crippen molar-refractivity contribution >= 4 is 46.2 Å². The van der Waals surface area contributed by atoms with Crippen LogP contribution in [0.5, 0.6) is 0 Å². The Morgan fingerprint density at radius 2 is 1.57 bits per heavy atom. The van der Waals surface area contributed by atoms with E-state index in [9.17, 15) is 32.7 Å². The average molecular weight is 644 g/mol. The molecule has 246 valence electrons. The van der Waals surface area contributed by atoms with Gasteiger partial charge in [0.15, 0.2) is 5.96 Å². The minimum atomic E-state index is -5.08. The summed E-state index contributed by atoms with van der Waals surface area (Å²) in [4.78, 5) is 50.1. The Balaban J connectivity index is 0.000000738. The van der Waals surface area contributed by atoms with Gasteiger partial charge in [-0.3, -0.25) is 19.8 Å². The van der Waals surface area contributed by atoms with Crippen molar-refractivity contribution in [3.63, 3.8) is 0 Å². The predicted octanol–water partition coefficient (Wildman–Crippen LogP) is 4.52. The number of nitrogens with zero attached hydrogens (tertiary/aromatic N) is 2. The second kappa shape index (κ2) is 16.3. The van der Waals surface area contributed by atoms with Crippen LogP contribution in [0.15, 0.2) is 60.7 Å². The quantitative estimate of drug-likeness (QED) is 0.109. The number of carbonyl (C=O) groups is 4. The summed E-state index contributed by atoms with van der Waals surface area (Å²) in [5.74, 6) is -4.35. The van der Waals surface area contributed by atoms with E-state index in [-0.39, 0.29) is 37.3 Å². The first kappa shape index (κ1) is 35.3. The topological polar surface area (TPSA) is 177 Å². The van der Waals surface area contributed by atoms with Crippen LogP contribution in [0, 0.1) is 5.41 Å². The lowest BCUT2D eigenvalue weighted by Gasteiger charge is -2.23. The molecule has 0 saturated heterocycles. The number of nitrogens with one attached hydrogen (secondary N) is 2. The zero-order valence-electron chi connectivity index (χ0n) is 25.0. The molecule has 1 heterocycles. The van der Waals surface area contributed by atoms with Gasteiger partial charge in [-0.1, -0.05) is 55.3 Å². The lowest BCUT2D eigenvalue weighted by molar-refractivity contribution is -0.192. The number of anilines is 1. The lowest BCUT2D eigenvalue weighted by Crippen LogP contribution is -2.40. The van der Waals surface area contributed by atoms with E-state index in [4.69, 9.17) is 21.0 Å². The van der Waals surface area contributed by atoms with Gasteiger partial charge in [0, 0.05) is 13.1 Å². The summed E-state index contributed by atoms with van der Waals surface area (Å²) in [6.07, 6.45) is -0.656. The number of alkyl halides is 3. The fourth-order valence-corrected chi connectivity index (χ4v) is 4.91. The predicted molar refractivity (Wildman–Crippen MR) is 166 cm³/mol. The first-order valence-corrected chi connectivity index (χ1v) is 14.6. The van der Waals surface area contributed by atoms with E-state index in [1.165, 1.54) is 4.90 Å². The largest absolute Gasteiger partial charge is 0.490 e. The molecule has 0 aromatic heterocycles. The summed E-state index contributed by atoms with van der Waals surface area (Å²) in [6, 6.07) is 19.8. The van der Waals surface area contributed by atoms with Crippen molar-refractivity contribution in [3.05, 3.63) is 77.4 Å². The van der Waals surface area contributed by atoms with Crippen LogP contribution in [-0.4, -0.2) is 70.6 Å². The Morgan fingerprint density at radius 1 is 0.913 bits per heavy atom. The van der Waals surface area contributed by atoms with Crippen LogP contribution < -0.4 is 16.0 Å². The summed E-state index contributed by atoms with van der Waals surface area (Å²) < 4.78 is 31.7. The second-order valence-electron chi connectivity index (χ2n) is 10.7. The molecule has 1 aliphatic heterocycles. The Labute approximate surface area is 263 Å². The number of carboxylic acids is 2. The number of benzene rings is 3. The van der Waals surface area contributed by atoms with Gasteiger partial charge >= 0.3 is 18.1 Å². The van der Waals surface area contributed by atoms with Crippen LogP contribution in [0.4, 0.5) is 18.9 Å². The Bertz CT molecular complexity index is 1580. The molecule has 1 aliphatic rings. The van der Waals surface area contributed by atoms with E-state index in [2.05, 4.69) is 11.4 Å². The number of halogens is 3. The molecule has 4 rings (SSSR count). The SMILES string of the molecule is N=C(N)NCCCCCCc1ccc2c(c1)C(=O)N(CCC(=O)O)CC(=O)N2Cc1ccc2ccccc2c1.O=C(O)C(F)(F)F. The third-order valence-corrected chi connectivity index (χ3v) is 7.20. The van der Waals surface area contributed by atoms with Crippen LogP contribution in [0.2, 0.25) is 0 Å². The smallest absolute Gasteiger partial charge is 0.481 e. The Morgan fingerprint density at radius 3 is 2.22 bits per heavy atom. The third-order valence-electron chi connectivity index (χ3n) is 7.20. The summed E-state index contributed by atoms with van der Waals surface area (Å²) in [6.45, 7) is 0.792. The van der Waals surface area contributed by atoms with Gasteiger partial charge in [0.05, 0.1) is 24.2 Å². The molecule has 0 aliphatic carbocycles. The van der Waals surface area contributed by atoms with Crippen LogP contribution in [0.3, 0.4) is 0 Å². The maximum Gasteiger partial charge on any atom is 0.490 e. The summed E-state index contributed by atoms with van der Waals surface area (Å²) in [5.41, 5.74) is 8.23. The molecule has 0 unspecified atom stereocenters. The summed E-state index contributed by atoms with van der Waals surface area (Å²) >= 11 is 0. The van der Waals surface area contributed by atoms with Gasteiger partial charge in [0.1, 0.15) is 6.54 Å². The van der Waals surface area contributed by atoms with Crippen LogP contribution >= 0.6 is 0 Å². The average Bonchev–Trinajstić information content (AvgIpc) is 3.09. The van der Waals surface area contributed by atoms with E-state index >= 15 is 0 Å². The molecule has 6 N–H and O–H groups in total. The molecule has 3 aromatic rings. The molecule has 0 spiro atoms. The van der Waals surface area contributed by atoms with Gasteiger partial charge in [-0.2, -0.15) is 13.2 Å². The molecule has 0 bridgehead atoms. The first-order chi connectivity index (χ1) is 21.8. The number of unbranched alkanes of at least 4 members (excludes halogenated alkanes) is 3. The highest BCUT2D eigenvalue weighted by molar-refractivity contribution is 6.09. The van der Waals surface area contributed by atoms with Crippen molar-refractivity contribution in [3.8, 4) is 0 Å². The molecule has 0 fully saturated rings. The van der Waals surface area contributed by atoms with Gasteiger partial charge < -0.3 is 31.1 Å². The number of guanidine groups is 1. The fraction of sp³-hybridized carbons (Fsp3) is 0.344. The lowest BCUT2D eigenvalue weighted by atomic mass is 10.0. The Kier molecular flexibility index (Phi) is 12.5. The molecular weight excluding hydrogens is 607 g/mol. The number of rotatable bonds is 12. The van der Waals surface area contributed by atoms with Crippen molar-refractivity contribution in [2.24, 2.45) is 5.73 Å². The maximum atomic E-state index is 13.5.